The van der Waals surface area contributed by atoms with Gasteiger partial charge in [0.25, 0.3) is 5.84 Å². The second-order valence-corrected chi connectivity index (χ2v) is 3.63. The van der Waals surface area contributed by atoms with Gasteiger partial charge in [-0.3, -0.25) is 9.48 Å². The topological polar surface area (TPSA) is 6.25 Å². The Morgan fingerprint density at radius 2 is 2.40 bits per heavy atom. The summed E-state index contributed by atoms with van der Waals surface area (Å²) in [7, 11) is 4.06. The molecular formula is C6H11N2S2+. The van der Waals surface area contributed by atoms with Crippen molar-refractivity contribution in [1.82, 2.24) is 4.90 Å². The minimum absolute atomic E-state index is 0.683. The molecule has 0 atom stereocenters. The normalized spacial score (nSPS) is 18.5. The number of hydrogen-bond acceptors (Lipinski definition) is 2. The maximum atomic E-state index is 4.95. The van der Waals surface area contributed by atoms with Crippen LogP contribution >= 0.6 is 24.8 Å². The first-order chi connectivity index (χ1) is 4.63. The molecule has 0 saturated carbocycles. The van der Waals surface area contributed by atoms with Gasteiger partial charge >= 0.3 is 0 Å². The summed E-state index contributed by atoms with van der Waals surface area (Å²) in [5.41, 5.74) is 0. The molecule has 0 bridgehead atoms. The molecule has 0 amide bonds. The van der Waals surface area contributed by atoms with Gasteiger partial charge in [-0.05, 0) is 0 Å². The fourth-order valence-electron chi connectivity index (χ4n) is 1.13. The van der Waals surface area contributed by atoms with Crippen molar-refractivity contribution in [2.75, 3.05) is 27.2 Å². The lowest BCUT2D eigenvalue weighted by molar-refractivity contribution is -0.484. The molecule has 1 aliphatic rings. The van der Waals surface area contributed by atoms with E-state index in [9.17, 15) is 0 Å². The van der Waals surface area contributed by atoms with Gasteiger partial charge in [0, 0.05) is 0 Å². The van der Waals surface area contributed by atoms with Crippen molar-refractivity contribution >= 4 is 34.9 Å². The highest BCUT2D eigenvalue weighted by Gasteiger charge is 2.26. The van der Waals surface area contributed by atoms with Crippen LogP contribution < -0.4 is 0 Å². The number of rotatable bonds is 1. The monoisotopic (exact) mass is 175 g/mol. The molecule has 0 aliphatic carbocycles. The van der Waals surface area contributed by atoms with Gasteiger partial charge in [0.2, 0.25) is 0 Å². The van der Waals surface area contributed by atoms with Gasteiger partial charge in [0.1, 0.15) is 13.1 Å². The molecule has 10 heavy (non-hydrogen) atoms. The van der Waals surface area contributed by atoms with Crippen molar-refractivity contribution in [3.8, 4) is 0 Å². The molecule has 0 radical (unpaired) electrons. The molecule has 56 valence electrons. The van der Waals surface area contributed by atoms with E-state index in [1.54, 1.807) is 0 Å². The van der Waals surface area contributed by atoms with Crippen molar-refractivity contribution in [3.05, 3.63) is 0 Å². The Labute approximate surface area is 71.9 Å². The van der Waals surface area contributed by atoms with Gasteiger partial charge in [0.05, 0.1) is 14.1 Å². The summed E-state index contributed by atoms with van der Waals surface area (Å²) in [4.78, 5) is 2.12. The molecule has 0 aromatic carbocycles. The zero-order valence-corrected chi connectivity index (χ0v) is 7.88. The number of thiol groups is 1. The number of nitrogens with zero attached hydrogens (tertiary/aromatic N) is 2. The van der Waals surface area contributed by atoms with Crippen LogP contribution in [0.25, 0.3) is 0 Å². The number of hydrogen-bond donors (Lipinski definition) is 1. The van der Waals surface area contributed by atoms with Gasteiger partial charge in [-0.2, -0.15) is 0 Å². The van der Waals surface area contributed by atoms with Gasteiger partial charge in [-0.25, -0.2) is 0 Å². The highest BCUT2D eigenvalue weighted by molar-refractivity contribution is 8.13. The van der Waals surface area contributed by atoms with Crippen LogP contribution in [0.3, 0.4) is 0 Å². The van der Waals surface area contributed by atoms with E-state index < -0.39 is 0 Å². The highest BCUT2D eigenvalue weighted by atomic mass is 32.1. The molecule has 1 aliphatic heterocycles. The molecule has 1 rings (SSSR count). The third-order valence-electron chi connectivity index (χ3n) is 1.69. The average Bonchev–Trinajstić information content (AvgIpc) is 2.11. The van der Waals surface area contributed by atoms with Gasteiger partial charge in [-0.1, -0.05) is 12.2 Å². The lowest BCUT2D eigenvalue weighted by atomic mass is 10.6. The largest absolute Gasteiger partial charge is 0.296 e. The maximum absolute atomic E-state index is 4.95. The van der Waals surface area contributed by atoms with Crippen LogP contribution in [0.15, 0.2) is 0 Å². The lowest BCUT2D eigenvalue weighted by Gasteiger charge is -2.02. The van der Waals surface area contributed by atoms with E-state index >= 15 is 0 Å². The van der Waals surface area contributed by atoms with Crippen molar-refractivity contribution < 1.29 is 4.58 Å². The summed E-state index contributed by atoms with van der Waals surface area (Å²) in [6.45, 7) is 2.10. The third kappa shape index (κ3) is 1.32. The first-order valence-electron chi connectivity index (χ1n) is 3.15. The summed E-state index contributed by atoms with van der Waals surface area (Å²) in [6.07, 6.45) is 0. The number of thiocarbonyl (C=S) groups is 1. The third-order valence-corrected chi connectivity index (χ3v) is 2.07. The molecule has 0 fully saturated rings. The van der Waals surface area contributed by atoms with Crippen molar-refractivity contribution in [3.63, 3.8) is 0 Å². The van der Waals surface area contributed by atoms with E-state index in [0.29, 0.717) is 4.20 Å². The van der Waals surface area contributed by atoms with Crippen LogP contribution in [0.5, 0.6) is 0 Å². The summed E-state index contributed by atoms with van der Waals surface area (Å²) in [5.74, 6) is 1.07. The van der Waals surface area contributed by atoms with Crippen molar-refractivity contribution in [1.29, 1.82) is 0 Å². The fraction of sp³-hybridized carbons (Fsp3) is 0.667. The first-order valence-corrected chi connectivity index (χ1v) is 4.01. The smallest absolute Gasteiger partial charge is 0.259 e. The Morgan fingerprint density at radius 1 is 1.80 bits per heavy atom. The lowest BCUT2D eigenvalue weighted by Crippen LogP contribution is -2.28. The van der Waals surface area contributed by atoms with Gasteiger partial charge in [-0.15, -0.1) is 12.6 Å². The van der Waals surface area contributed by atoms with E-state index in [2.05, 4.69) is 22.1 Å². The molecule has 1 heterocycles. The maximum Gasteiger partial charge on any atom is 0.296 e. The minimum atomic E-state index is 0.683. The Morgan fingerprint density at radius 3 is 2.60 bits per heavy atom. The Bertz CT molecular complexity index is 198. The second kappa shape index (κ2) is 2.88. The van der Waals surface area contributed by atoms with Gasteiger partial charge < -0.3 is 0 Å². The van der Waals surface area contributed by atoms with E-state index in [1.807, 2.05) is 14.1 Å². The fourth-order valence-corrected chi connectivity index (χ4v) is 1.78. The molecule has 0 unspecified atom stereocenters. The first kappa shape index (κ1) is 8.01. The Kier molecular flexibility index (Phi) is 2.31. The Hall–Kier alpha value is -0.0900. The zero-order valence-electron chi connectivity index (χ0n) is 6.16. The standard InChI is InChI=1S/C6H10N2S2/c1-7-3-4-8(2)5(7)6(9)10/h3-4H2,1-2H3/p+1. The molecule has 2 nitrogen and oxygen atoms in total. The predicted octanol–water partition coefficient (Wildman–Crippen LogP) is 0.230. The second-order valence-electron chi connectivity index (χ2n) is 2.47. The average molecular weight is 175 g/mol. The van der Waals surface area contributed by atoms with Crippen LogP contribution in [0.1, 0.15) is 0 Å². The number of likely N-dealkylation sites (N-methyl/N-ethyl adjacent to an activating group) is 2. The van der Waals surface area contributed by atoms with Crippen LogP contribution in [0, 0.1) is 0 Å². The Balaban J connectivity index is 2.88. The van der Waals surface area contributed by atoms with E-state index in [0.717, 1.165) is 18.9 Å². The van der Waals surface area contributed by atoms with E-state index in [-0.39, 0.29) is 0 Å². The SMILES string of the molecule is CN1CC[N+](C)=C1C(=S)S. The van der Waals surface area contributed by atoms with E-state index in [1.165, 1.54) is 0 Å². The van der Waals surface area contributed by atoms with Crippen LogP contribution in [-0.2, 0) is 0 Å². The molecule has 0 spiro atoms. The minimum Gasteiger partial charge on any atom is -0.259 e. The summed E-state index contributed by atoms with van der Waals surface area (Å²) in [5, 5.41) is 0. The van der Waals surface area contributed by atoms with Crippen LogP contribution in [0.2, 0.25) is 0 Å². The van der Waals surface area contributed by atoms with Crippen molar-refractivity contribution in [2.45, 2.75) is 0 Å². The van der Waals surface area contributed by atoms with Gasteiger partial charge in [0.15, 0.2) is 4.20 Å². The quantitative estimate of drug-likeness (QED) is 0.346. The summed E-state index contributed by atoms with van der Waals surface area (Å²) < 4.78 is 2.80. The van der Waals surface area contributed by atoms with Crippen LogP contribution in [0.4, 0.5) is 0 Å². The molecule has 0 aromatic heterocycles. The molecule has 0 N–H and O–H groups in total. The van der Waals surface area contributed by atoms with E-state index in [4.69, 9.17) is 12.2 Å². The summed E-state index contributed by atoms with van der Waals surface area (Å²) in [6, 6.07) is 0. The van der Waals surface area contributed by atoms with Crippen molar-refractivity contribution in [2.24, 2.45) is 0 Å². The predicted molar refractivity (Wildman–Crippen MR) is 50.3 cm³/mol. The zero-order chi connectivity index (χ0) is 7.72. The molecule has 0 aromatic rings. The highest BCUT2D eigenvalue weighted by Crippen LogP contribution is 2.01. The summed E-state index contributed by atoms with van der Waals surface area (Å²) >= 11 is 9.08. The molecule has 0 saturated heterocycles. The van der Waals surface area contributed by atoms with Crippen LogP contribution in [-0.4, -0.2) is 46.7 Å². The molecular weight excluding hydrogens is 164 g/mol. The number of amidine groups is 1. The molecule has 4 heteroatoms.